The molecule has 1 aliphatic heterocycles. The zero-order valence-electron chi connectivity index (χ0n) is 18.9. The number of carbonyl (C=O) groups is 1. The maximum Gasteiger partial charge on any atom is 0.233 e. The molecule has 2 aliphatic rings. The minimum atomic E-state index is -3.04. The smallest absolute Gasteiger partial charge is 0.233 e. The van der Waals surface area contributed by atoms with Gasteiger partial charge in [-0.15, -0.1) is 10.2 Å². The highest BCUT2D eigenvalue weighted by molar-refractivity contribution is 7.99. The first-order chi connectivity index (χ1) is 15.4. The summed E-state index contributed by atoms with van der Waals surface area (Å²) in [7, 11) is -3.04. The molecule has 1 saturated carbocycles. The van der Waals surface area contributed by atoms with E-state index in [-0.39, 0.29) is 35.2 Å². The van der Waals surface area contributed by atoms with Gasteiger partial charge in [-0.05, 0) is 38.7 Å². The fraction of sp³-hybridized carbons (Fsp3) is 0.609. The molecule has 1 aliphatic carbocycles. The minimum Gasteiger partial charge on any atom is -0.335 e. The van der Waals surface area contributed by atoms with Crippen molar-refractivity contribution in [2.75, 3.05) is 17.3 Å². The van der Waals surface area contributed by atoms with Crippen LogP contribution in [-0.4, -0.2) is 63.3 Å². The lowest BCUT2D eigenvalue weighted by atomic mass is 10.1. The van der Waals surface area contributed by atoms with Crippen LogP contribution in [-0.2, 0) is 21.2 Å². The van der Waals surface area contributed by atoms with Gasteiger partial charge in [-0.3, -0.25) is 4.79 Å². The fourth-order valence-corrected chi connectivity index (χ4v) is 7.45. The van der Waals surface area contributed by atoms with E-state index in [9.17, 15) is 13.2 Å². The molecule has 1 saturated heterocycles. The van der Waals surface area contributed by atoms with Crippen LogP contribution in [0.15, 0.2) is 29.4 Å². The molecule has 1 amide bonds. The van der Waals surface area contributed by atoms with Crippen molar-refractivity contribution in [2.45, 2.75) is 76.2 Å². The third-order valence-electron chi connectivity index (χ3n) is 6.37. The summed E-state index contributed by atoms with van der Waals surface area (Å²) >= 11 is 1.41. The second-order valence-corrected chi connectivity index (χ2v) is 12.1. The molecule has 32 heavy (non-hydrogen) atoms. The number of hydrogen-bond acceptors (Lipinski definition) is 6. The number of sulfone groups is 1. The second kappa shape index (κ2) is 9.95. The van der Waals surface area contributed by atoms with Gasteiger partial charge in [0, 0.05) is 24.2 Å². The minimum absolute atomic E-state index is 0.0205. The zero-order valence-corrected chi connectivity index (χ0v) is 20.5. The molecule has 0 bridgehead atoms. The van der Waals surface area contributed by atoms with E-state index < -0.39 is 9.84 Å². The topological polar surface area (TPSA) is 85.2 Å². The monoisotopic (exact) mass is 476 g/mol. The Labute approximate surface area is 194 Å². The normalized spacial score (nSPS) is 20.6. The number of benzene rings is 1. The molecule has 7 nitrogen and oxygen atoms in total. The van der Waals surface area contributed by atoms with Crippen LogP contribution >= 0.6 is 11.8 Å². The lowest BCUT2D eigenvalue weighted by Gasteiger charge is -2.34. The molecule has 1 aromatic heterocycles. The van der Waals surface area contributed by atoms with Crippen molar-refractivity contribution in [3.8, 4) is 11.4 Å². The Morgan fingerprint density at radius 2 is 1.97 bits per heavy atom. The van der Waals surface area contributed by atoms with E-state index >= 15 is 0 Å². The fourth-order valence-electron chi connectivity index (χ4n) is 4.90. The van der Waals surface area contributed by atoms with Gasteiger partial charge in [0.05, 0.1) is 17.3 Å². The van der Waals surface area contributed by atoms with E-state index in [4.69, 9.17) is 0 Å². The van der Waals surface area contributed by atoms with Gasteiger partial charge < -0.3 is 9.47 Å². The second-order valence-electron chi connectivity index (χ2n) is 8.91. The highest BCUT2D eigenvalue weighted by Gasteiger charge is 2.39. The molecule has 4 rings (SSSR count). The Hall–Kier alpha value is -1.87. The van der Waals surface area contributed by atoms with Gasteiger partial charge in [-0.1, -0.05) is 55.3 Å². The molecule has 0 N–H and O–H groups in total. The third-order valence-corrected chi connectivity index (χ3v) is 9.07. The average Bonchev–Trinajstić information content (AvgIpc) is 3.48. The van der Waals surface area contributed by atoms with Crippen LogP contribution in [0.2, 0.25) is 0 Å². The molecule has 9 heteroatoms. The van der Waals surface area contributed by atoms with E-state index in [1.54, 1.807) is 0 Å². The predicted molar refractivity (Wildman–Crippen MR) is 127 cm³/mol. The van der Waals surface area contributed by atoms with Crippen molar-refractivity contribution >= 4 is 27.5 Å². The Balaban J connectivity index is 1.52. The van der Waals surface area contributed by atoms with Crippen LogP contribution in [0.25, 0.3) is 11.4 Å². The summed E-state index contributed by atoms with van der Waals surface area (Å²) in [4.78, 5) is 15.3. The van der Waals surface area contributed by atoms with Crippen LogP contribution in [0.4, 0.5) is 0 Å². The van der Waals surface area contributed by atoms with Gasteiger partial charge in [0.25, 0.3) is 0 Å². The molecule has 1 atom stereocenters. The lowest BCUT2D eigenvalue weighted by Crippen LogP contribution is -2.47. The van der Waals surface area contributed by atoms with E-state index in [0.29, 0.717) is 6.42 Å². The highest BCUT2D eigenvalue weighted by atomic mass is 32.2. The summed E-state index contributed by atoms with van der Waals surface area (Å²) in [5.41, 5.74) is 2.18. The summed E-state index contributed by atoms with van der Waals surface area (Å²) in [5.74, 6) is 1.38. The number of nitrogens with zero attached hydrogens (tertiary/aromatic N) is 4. The molecule has 2 aromatic rings. The number of rotatable bonds is 8. The van der Waals surface area contributed by atoms with Gasteiger partial charge in [0.2, 0.25) is 5.91 Å². The Bertz CT molecular complexity index is 1060. The van der Waals surface area contributed by atoms with Crippen molar-refractivity contribution in [3.05, 3.63) is 29.8 Å². The van der Waals surface area contributed by atoms with Crippen LogP contribution in [0, 0.1) is 6.92 Å². The van der Waals surface area contributed by atoms with Crippen molar-refractivity contribution in [2.24, 2.45) is 0 Å². The predicted octanol–water partition coefficient (Wildman–Crippen LogP) is 3.71. The molecule has 1 aromatic carbocycles. The number of carbonyl (C=O) groups excluding carboxylic acids is 1. The van der Waals surface area contributed by atoms with E-state index in [2.05, 4.69) is 40.7 Å². The van der Waals surface area contributed by atoms with Gasteiger partial charge >= 0.3 is 0 Å². The molecular formula is C23H32N4O3S2. The quantitative estimate of drug-likeness (QED) is 0.540. The summed E-state index contributed by atoms with van der Waals surface area (Å²) in [6.07, 6.45) is 5.63. The Kier molecular flexibility index (Phi) is 7.24. The maximum atomic E-state index is 13.3. The first-order valence-electron chi connectivity index (χ1n) is 11.5. The number of aryl methyl sites for hydroxylation is 1. The van der Waals surface area contributed by atoms with E-state index in [1.165, 1.54) is 11.8 Å². The Morgan fingerprint density at radius 1 is 1.19 bits per heavy atom. The van der Waals surface area contributed by atoms with Crippen molar-refractivity contribution in [3.63, 3.8) is 0 Å². The molecule has 2 heterocycles. The molecular weight excluding hydrogens is 444 g/mol. The maximum absolute atomic E-state index is 13.3. The standard InChI is InChI=1S/C23H32N4O3S2/c1-3-12-26-22(18-8-6-7-17(2)14-18)24-25-23(26)31-15-21(28)27(19-9-4-5-10-19)20-11-13-32(29,30)16-20/h6-8,14,19-20H,3-5,9-13,15-16H2,1-2H3. The first kappa shape index (κ1) is 23.3. The zero-order chi connectivity index (χ0) is 22.7. The largest absolute Gasteiger partial charge is 0.335 e. The summed E-state index contributed by atoms with van der Waals surface area (Å²) in [6.45, 7) is 4.95. The number of hydrogen-bond donors (Lipinski definition) is 0. The SMILES string of the molecule is CCCn1c(SCC(=O)N(C2CCCC2)C2CCS(=O)(=O)C2)nnc1-c1cccc(C)c1. The number of thioether (sulfide) groups is 1. The van der Waals surface area contributed by atoms with Gasteiger partial charge in [-0.2, -0.15) is 0 Å². The van der Waals surface area contributed by atoms with Crippen LogP contribution in [0.1, 0.15) is 51.0 Å². The average molecular weight is 477 g/mol. The van der Waals surface area contributed by atoms with Crippen LogP contribution in [0.3, 0.4) is 0 Å². The van der Waals surface area contributed by atoms with Gasteiger partial charge in [0.1, 0.15) is 0 Å². The third kappa shape index (κ3) is 5.20. The van der Waals surface area contributed by atoms with E-state index in [1.807, 2.05) is 17.0 Å². The molecule has 2 fully saturated rings. The van der Waals surface area contributed by atoms with Gasteiger partial charge in [-0.25, -0.2) is 8.42 Å². The lowest BCUT2D eigenvalue weighted by molar-refractivity contribution is -0.132. The van der Waals surface area contributed by atoms with E-state index in [0.717, 1.165) is 60.8 Å². The van der Waals surface area contributed by atoms with Gasteiger partial charge in [0.15, 0.2) is 20.8 Å². The Morgan fingerprint density at radius 3 is 2.62 bits per heavy atom. The molecule has 0 radical (unpaired) electrons. The van der Waals surface area contributed by atoms with Crippen LogP contribution in [0.5, 0.6) is 0 Å². The van der Waals surface area contributed by atoms with Crippen molar-refractivity contribution < 1.29 is 13.2 Å². The molecule has 0 spiro atoms. The first-order valence-corrected chi connectivity index (χ1v) is 14.3. The number of amides is 1. The number of aromatic nitrogens is 3. The summed E-state index contributed by atoms with van der Waals surface area (Å²) < 4.78 is 26.2. The van der Waals surface area contributed by atoms with Crippen molar-refractivity contribution in [1.29, 1.82) is 0 Å². The summed E-state index contributed by atoms with van der Waals surface area (Å²) in [6, 6.07) is 8.18. The van der Waals surface area contributed by atoms with Crippen molar-refractivity contribution in [1.82, 2.24) is 19.7 Å². The molecule has 1 unspecified atom stereocenters. The highest BCUT2D eigenvalue weighted by Crippen LogP contribution is 2.31. The molecule has 174 valence electrons. The summed E-state index contributed by atoms with van der Waals surface area (Å²) in [5, 5.41) is 9.57. The van der Waals surface area contributed by atoms with Crippen LogP contribution < -0.4 is 0 Å².